The number of amides is 1. The van der Waals surface area contributed by atoms with Gasteiger partial charge in [-0.05, 0) is 18.1 Å². The van der Waals surface area contributed by atoms with E-state index in [1.54, 1.807) is 30.5 Å². The summed E-state index contributed by atoms with van der Waals surface area (Å²) in [6.45, 7) is 2.05. The van der Waals surface area contributed by atoms with E-state index < -0.39 is 20.0 Å². The number of aromatic nitrogens is 4. The summed E-state index contributed by atoms with van der Waals surface area (Å²) in [5.41, 5.74) is 8.76. The van der Waals surface area contributed by atoms with Crippen LogP contribution in [0.4, 0.5) is 5.82 Å². The predicted octanol–water partition coefficient (Wildman–Crippen LogP) is -2.91. The van der Waals surface area contributed by atoms with Gasteiger partial charge in [-0.1, -0.05) is 60.7 Å². The van der Waals surface area contributed by atoms with Crippen LogP contribution in [0, 0.1) is 0 Å². The average molecular weight is 575 g/mol. The summed E-state index contributed by atoms with van der Waals surface area (Å²) in [6.07, 6.45) is 1.85. The third-order valence-electron chi connectivity index (χ3n) is 5.36. The minimum Gasteiger partial charge on any atom is -1.00 e. The molecule has 0 unspecified atom stereocenters. The number of nitrogen functional groups attached to an aromatic ring is 1. The Labute approximate surface area is 274 Å². The number of fused-ring (bicyclic) bond motifs is 1. The summed E-state index contributed by atoms with van der Waals surface area (Å²) >= 11 is 0. The topological polar surface area (TPSA) is 157 Å². The van der Waals surface area contributed by atoms with Gasteiger partial charge in [-0.15, -0.1) is 0 Å². The standard InChI is InChI=1S/C16H17NO.C9H14N5O4P.2Na.2H/c1-17(2)16(18)15(13-9-5-3-6-10-13)14-11-7-4-8-12-14;1-6(18-5-19(15,16)17)2-14-4-13-7-8(10)11-3-12-9(7)14;;;;/h3-12,15H,1-2H3;3-4,6H,2,5H2,1H3,(H2,10,11,12)(H2,15,16,17);;;;/q;;2*+1;2*-1/t;6-;;;;/m.1..../s1. The van der Waals surface area contributed by atoms with E-state index in [1.807, 2.05) is 60.7 Å². The van der Waals surface area contributed by atoms with E-state index in [2.05, 4.69) is 15.0 Å². The molecule has 0 saturated heterocycles. The van der Waals surface area contributed by atoms with E-state index >= 15 is 0 Å². The first-order valence-corrected chi connectivity index (χ1v) is 13.2. The number of ether oxygens (including phenoxy) is 1. The maximum atomic E-state index is 12.4. The second-order valence-corrected chi connectivity index (χ2v) is 10.2. The van der Waals surface area contributed by atoms with Crippen LogP contribution >= 0.6 is 7.60 Å². The van der Waals surface area contributed by atoms with Crippen molar-refractivity contribution >= 4 is 30.5 Å². The molecule has 0 radical (unpaired) electrons. The number of likely N-dealkylation sites (N-methyl/N-ethyl adjacent to an activating group) is 1. The van der Waals surface area contributed by atoms with Gasteiger partial charge in [0.25, 0.3) is 0 Å². The van der Waals surface area contributed by atoms with Crippen molar-refractivity contribution in [2.24, 2.45) is 0 Å². The average Bonchev–Trinajstić information content (AvgIpc) is 3.28. The molecule has 4 rings (SSSR count). The Balaban J connectivity index is 0. The summed E-state index contributed by atoms with van der Waals surface area (Å²) in [4.78, 5) is 43.4. The molecule has 0 aliphatic heterocycles. The van der Waals surface area contributed by atoms with Crippen molar-refractivity contribution in [3.63, 3.8) is 0 Å². The molecule has 14 heteroatoms. The fourth-order valence-electron chi connectivity index (χ4n) is 3.61. The molecule has 4 N–H and O–H groups in total. The number of rotatable bonds is 8. The number of carbonyl (C=O) groups is 1. The minimum absolute atomic E-state index is 0. The van der Waals surface area contributed by atoms with Crippen LogP contribution in [0.2, 0.25) is 0 Å². The number of anilines is 1. The van der Waals surface area contributed by atoms with Crippen LogP contribution in [0.25, 0.3) is 11.2 Å². The third-order valence-corrected chi connectivity index (χ3v) is 5.85. The van der Waals surface area contributed by atoms with Crippen molar-refractivity contribution in [1.29, 1.82) is 0 Å². The number of carbonyl (C=O) groups excluding carboxylic acids is 1. The molecule has 0 spiro atoms. The molecule has 11 nitrogen and oxygen atoms in total. The maximum absolute atomic E-state index is 12.4. The van der Waals surface area contributed by atoms with Gasteiger partial charge in [0.15, 0.2) is 11.5 Å². The van der Waals surface area contributed by atoms with Crippen molar-refractivity contribution in [3.8, 4) is 0 Å². The van der Waals surface area contributed by atoms with E-state index in [-0.39, 0.29) is 79.6 Å². The van der Waals surface area contributed by atoms with Gasteiger partial charge in [-0.25, -0.2) is 15.0 Å². The zero-order chi connectivity index (χ0) is 27.0. The normalized spacial score (nSPS) is 11.5. The first-order chi connectivity index (χ1) is 17.6. The fraction of sp³-hybridized carbons (Fsp3) is 0.280. The Kier molecular flexibility index (Phi) is 15.1. The Hall–Kier alpha value is -1.63. The molecule has 0 fully saturated rings. The molecule has 39 heavy (non-hydrogen) atoms. The Bertz CT molecular complexity index is 1330. The molecule has 0 aliphatic carbocycles. The molecule has 1 atom stereocenters. The molecule has 2 heterocycles. The van der Waals surface area contributed by atoms with Crippen molar-refractivity contribution in [2.45, 2.75) is 25.5 Å². The van der Waals surface area contributed by atoms with Crippen LogP contribution in [0.3, 0.4) is 0 Å². The molecule has 0 saturated carbocycles. The summed E-state index contributed by atoms with van der Waals surface area (Å²) in [6, 6.07) is 19.8. The van der Waals surface area contributed by atoms with Crippen LogP contribution < -0.4 is 64.8 Å². The quantitative estimate of drug-likeness (QED) is 0.148. The van der Waals surface area contributed by atoms with Gasteiger partial charge in [-0.3, -0.25) is 9.36 Å². The maximum Gasteiger partial charge on any atom is 1.00 e. The molecule has 0 bridgehead atoms. The summed E-state index contributed by atoms with van der Waals surface area (Å²) < 4.78 is 17.5. The van der Waals surface area contributed by atoms with Gasteiger partial charge in [0.2, 0.25) is 5.91 Å². The van der Waals surface area contributed by atoms with Crippen LogP contribution in [-0.4, -0.2) is 66.7 Å². The fourth-order valence-corrected chi connectivity index (χ4v) is 4.06. The smallest absolute Gasteiger partial charge is 1.00 e. The van der Waals surface area contributed by atoms with E-state index in [0.717, 1.165) is 11.1 Å². The van der Waals surface area contributed by atoms with Gasteiger partial charge in [-0.2, -0.15) is 0 Å². The monoisotopic (exact) mass is 574 g/mol. The van der Waals surface area contributed by atoms with E-state index in [0.29, 0.717) is 17.7 Å². The van der Waals surface area contributed by atoms with Crippen LogP contribution in [0.5, 0.6) is 0 Å². The number of benzene rings is 2. The van der Waals surface area contributed by atoms with Crippen molar-refractivity contribution in [3.05, 3.63) is 84.4 Å². The van der Waals surface area contributed by atoms with E-state index in [4.69, 9.17) is 20.3 Å². The molecule has 4 aromatic rings. The van der Waals surface area contributed by atoms with Gasteiger partial charge in [0.1, 0.15) is 18.2 Å². The van der Waals surface area contributed by atoms with Crippen molar-refractivity contribution in [2.75, 3.05) is 26.2 Å². The Morgan fingerprint density at radius 2 is 1.56 bits per heavy atom. The van der Waals surface area contributed by atoms with Gasteiger partial charge >= 0.3 is 66.7 Å². The first-order valence-electron chi connectivity index (χ1n) is 11.5. The molecule has 0 aliphatic rings. The number of imidazole rings is 1. The van der Waals surface area contributed by atoms with E-state index in [1.165, 1.54) is 12.7 Å². The first kappa shape index (κ1) is 35.4. The van der Waals surface area contributed by atoms with Gasteiger partial charge < -0.3 is 32.6 Å². The Morgan fingerprint density at radius 3 is 2.05 bits per heavy atom. The number of nitrogens with zero attached hydrogens (tertiary/aromatic N) is 5. The second-order valence-electron chi connectivity index (χ2n) is 8.59. The minimum atomic E-state index is -4.16. The van der Waals surface area contributed by atoms with Gasteiger partial charge in [0, 0.05) is 14.1 Å². The van der Waals surface area contributed by atoms with Crippen LogP contribution in [-0.2, 0) is 20.6 Å². The zero-order valence-electron chi connectivity index (χ0n) is 24.9. The SMILES string of the molecule is CN(C)C(=O)C(c1ccccc1)c1ccccc1.C[C@H](Cn1cnc2c(N)ncnc21)OCP(=O)(O)O.[H-].[H-].[Na+].[Na+]. The molecular formula is C25H33N6Na2O5P. The van der Waals surface area contributed by atoms with Crippen molar-refractivity contribution in [1.82, 2.24) is 24.4 Å². The number of hydrogen-bond acceptors (Lipinski definition) is 7. The van der Waals surface area contributed by atoms with E-state index in [9.17, 15) is 9.36 Å². The summed E-state index contributed by atoms with van der Waals surface area (Å²) in [7, 11) is -0.572. The zero-order valence-corrected chi connectivity index (χ0v) is 27.8. The Morgan fingerprint density at radius 1 is 1.03 bits per heavy atom. The molecule has 200 valence electrons. The molecular weight excluding hydrogens is 541 g/mol. The summed E-state index contributed by atoms with van der Waals surface area (Å²) in [5.74, 6) is 0.169. The number of nitrogens with two attached hydrogens (primary N) is 1. The van der Waals surface area contributed by atoms with Crippen LogP contribution in [0.15, 0.2) is 73.3 Å². The van der Waals surface area contributed by atoms with Gasteiger partial charge in [0.05, 0.1) is 24.9 Å². The largest absolute Gasteiger partial charge is 1.00 e. The summed E-state index contributed by atoms with van der Waals surface area (Å²) in [5, 5.41) is 0. The number of hydrogen-bond donors (Lipinski definition) is 3. The second kappa shape index (κ2) is 16.6. The predicted molar refractivity (Wildman–Crippen MR) is 143 cm³/mol. The van der Waals surface area contributed by atoms with Crippen LogP contribution in [0.1, 0.15) is 26.8 Å². The molecule has 2 aromatic carbocycles. The molecule has 1 amide bonds. The third kappa shape index (κ3) is 10.7. The molecule has 2 aromatic heterocycles. The van der Waals surface area contributed by atoms with Crippen molar-refractivity contribution < 1.29 is 85.9 Å².